The molecule has 0 atom stereocenters. The summed E-state index contributed by atoms with van der Waals surface area (Å²) in [6, 6.07) is 12.1. The summed E-state index contributed by atoms with van der Waals surface area (Å²) < 4.78 is 2.04. The van der Waals surface area contributed by atoms with Gasteiger partial charge in [-0.3, -0.25) is 14.3 Å². The number of nitrogens with zero attached hydrogens (tertiary/aromatic N) is 4. The molecule has 2 heterocycles. The largest absolute Gasteiger partial charge is 0.370 e. The third kappa shape index (κ3) is 3.94. The van der Waals surface area contributed by atoms with Gasteiger partial charge in [0.15, 0.2) is 11.0 Å². The first-order valence-corrected chi connectivity index (χ1v) is 9.42. The molecule has 0 saturated carbocycles. The van der Waals surface area contributed by atoms with E-state index < -0.39 is 0 Å². The number of benzene rings is 1. The van der Waals surface area contributed by atoms with Crippen LogP contribution in [0.2, 0.25) is 0 Å². The van der Waals surface area contributed by atoms with Gasteiger partial charge in [-0.1, -0.05) is 43.8 Å². The highest BCUT2D eigenvalue weighted by atomic mass is 32.2. The van der Waals surface area contributed by atoms with Crippen LogP contribution in [0.25, 0.3) is 17.1 Å². The first kappa shape index (κ1) is 18.1. The maximum absolute atomic E-state index is 11.1. The predicted molar refractivity (Wildman–Crippen MR) is 103 cm³/mol. The highest BCUT2D eigenvalue weighted by Gasteiger charge is 2.19. The molecular weight excluding hydrogens is 346 g/mol. The minimum atomic E-state index is -0.321. The van der Waals surface area contributed by atoms with Crippen LogP contribution in [0.15, 0.2) is 53.9 Å². The van der Waals surface area contributed by atoms with Crippen molar-refractivity contribution < 1.29 is 4.79 Å². The molecule has 0 unspecified atom stereocenters. The summed E-state index contributed by atoms with van der Waals surface area (Å²) in [7, 11) is 0. The fourth-order valence-electron chi connectivity index (χ4n) is 2.68. The fourth-order valence-corrected chi connectivity index (χ4v) is 3.58. The molecule has 0 spiro atoms. The summed E-state index contributed by atoms with van der Waals surface area (Å²) in [5.74, 6) is 1.31. The monoisotopic (exact) mass is 367 g/mol. The summed E-state index contributed by atoms with van der Waals surface area (Å²) in [4.78, 5) is 15.3. The number of hydrogen-bond acceptors (Lipinski definition) is 5. The Bertz CT molecular complexity index is 892. The number of carbonyl (C=O) groups is 1. The van der Waals surface area contributed by atoms with Crippen molar-refractivity contribution >= 4 is 17.7 Å². The molecule has 0 aliphatic rings. The number of hydrogen-bond donors (Lipinski definition) is 1. The van der Waals surface area contributed by atoms with Crippen LogP contribution in [0.3, 0.4) is 0 Å². The first-order valence-electron chi connectivity index (χ1n) is 8.44. The van der Waals surface area contributed by atoms with Gasteiger partial charge in [0.2, 0.25) is 5.91 Å². The normalized spacial score (nSPS) is 11.0. The van der Waals surface area contributed by atoms with Gasteiger partial charge in [-0.05, 0) is 29.7 Å². The maximum atomic E-state index is 11.1. The molecule has 0 radical (unpaired) electrons. The number of nitrogens with two attached hydrogens (primary N) is 1. The smallest absolute Gasteiger partial charge is 0.218 e. The Kier molecular flexibility index (Phi) is 5.68. The van der Waals surface area contributed by atoms with Crippen LogP contribution in [0.4, 0.5) is 0 Å². The molecular formula is C19H21N5OS. The van der Waals surface area contributed by atoms with Gasteiger partial charge in [-0.25, -0.2) is 0 Å². The van der Waals surface area contributed by atoms with E-state index in [0.29, 0.717) is 18.1 Å². The van der Waals surface area contributed by atoms with E-state index in [1.165, 1.54) is 17.3 Å². The van der Waals surface area contributed by atoms with E-state index in [4.69, 9.17) is 5.73 Å². The summed E-state index contributed by atoms with van der Waals surface area (Å²) >= 11 is 1.47. The lowest BCUT2D eigenvalue weighted by Crippen LogP contribution is -2.11. The van der Waals surface area contributed by atoms with Crippen molar-refractivity contribution in [3.63, 3.8) is 0 Å². The minimum Gasteiger partial charge on any atom is -0.370 e. The van der Waals surface area contributed by atoms with Crippen LogP contribution in [-0.2, 0) is 4.79 Å². The van der Waals surface area contributed by atoms with Gasteiger partial charge in [0, 0.05) is 30.1 Å². The molecule has 0 saturated heterocycles. The van der Waals surface area contributed by atoms with Crippen LogP contribution in [0.5, 0.6) is 0 Å². The lowest BCUT2D eigenvalue weighted by Gasteiger charge is -2.16. The van der Waals surface area contributed by atoms with Gasteiger partial charge in [-0.2, -0.15) is 0 Å². The topological polar surface area (TPSA) is 86.7 Å². The Morgan fingerprint density at radius 2 is 2.00 bits per heavy atom. The highest BCUT2D eigenvalue weighted by Crippen LogP contribution is 2.31. The zero-order valence-electron chi connectivity index (χ0n) is 14.8. The van der Waals surface area contributed by atoms with Crippen molar-refractivity contribution in [1.29, 1.82) is 0 Å². The molecule has 7 heteroatoms. The van der Waals surface area contributed by atoms with E-state index in [9.17, 15) is 4.79 Å². The summed E-state index contributed by atoms with van der Waals surface area (Å²) in [6.45, 7) is 4.32. The second-order valence-corrected chi connectivity index (χ2v) is 7.22. The molecule has 2 N–H and O–H groups in total. The van der Waals surface area contributed by atoms with Crippen molar-refractivity contribution in [2.45, 2.75) is 31.3 Å². The first-order chi connectivity index (χ1) is 12.6. The highest BCUT2D eigenvalue weighted by molar-refractivity contribution is 7.99. The maximum Gasteiger partial charge on any atom is 0.218 e. The average molecular weight is 367 g/mol. The van der Waals surface area contributed by atoms with Crippen LogP contribution >= 0.6 is 11.8 Å². The standard InChI is InChI=1S/C19H21N5OS/c1-13(2)15-7-3-4-8-16(15)24-18(14-6-5-10-21-12-14)22-23-19(24)26-11-9-17(20)25/h3-8,10,12-13H,9,11H2,1-2H3,(H2,20,25). The SMILES string of the molecule is CC(C)c1ccccc1-n1c(SCCC(N)=O)nnc1-c1cccnc1. The van der Waals surface area contributed by atoms with E-state index in [2.05, 4.69) is 41.2 Å². The van der Waals surface area contributed by atoms with E-state index in [1.807, 2.05) is 28.8 Å². The number of para-hydroxylation sites is 1. The number of pyridine rings is 1. The molecule has 2 aromatic heterocycles. The lowest BCUT2D eigenvalue weighted by atomic mass is 10.0. The fraction of sp³-hybridized carbons (Fsp3) is 0.263. The molecule has 0 aliphatic heterocycles. The van der Waals surface area contributed by atoms with Gasteiger partial charge in [0.05, 0.1) is 5.69 Å². The van der Waals surface area contributed by atoms with E-state index in [0.717, 1.165) is 22.2 Å². The number of amides is 1. The van der Waals surface area contributed by atoms with Crippen LogP contribution in [-0.4, -0.2) is 31.4 Å². The van der Waals surface area contributed by atoms with Crippen molar-refractivity contribution in [3.8, 4) is 17.1 Å². The molecule has 0 bridgehead atoms. The Morgan fingerprint density at radius 3 is 2.69 bits per heavy atom. The van der Waals surface area contributed by atoms with Gasteiger partial charge in [-0.15, -0.1) is 10.2 Å². The number of rotatable bonds is 7. The number of primary amides is 1. The third-order valence-corrected chi connectivity index (χ3v) is 4.86. The molecule has 1 aromatic carbocycles. The van der Waals surface area contributed by atoms with Crippen molar-refractivity contribution in [1.82, 2.24) is 19.7 Å². The van der Waals surface area contributed by atoms with E-state index >= 15 is 0 Å². The Labute approximate surface area is 156 Å². The quantitative estimate of drug-likeness (QED) is 0.647. The second kappa shape index (κ2) is 8.14. The molecule has 1 amide bonds. The zero-order valence-corrected chi connectivity index (χ0v) is 15.6. The van der Waals surface area contributed by atoms with Crippen molar-refractivity contribution in [2.75, 3.05) is 5.75 Å². The number of thioether (sulfide) groups is 1. The van der Waals surface area contributed by atoms with E-state index in [1.54, 1.807) is 12.4 Å². The van der Waals surface area contributed by atoms with Gasteiger partial charge < -0.3 is 5.73 Å². The molecule has 0 aliphatic carbocycles. The zero-order chi connectivity index (χ0) is 18.5. The molecule has 6 nitrogen and oxygen atoms in total. The van der Waals surface area contributed by atoms with Gasteiger partial charge in [0.1, 0.15) is 0 Å². The summed E-state index contributed by atoms with van der Waals surface area (Å²) in [6.07, 6.45) is 3.80. The lowest BCUT2D eigenvalue weighted by molar-refractivity contribution is -0.117. The van der Waals surface area contributed by atoms with Crippen LogP contribution < -0.4 is 5.73 Å². The summed E-state index contributed by atoms with van der Waals surface area (Å²) in [5.41, 5.74) is 8.39. The predicted octanol–water partition coefficient (Wildman–Crippen LogP) is 3.42. The second-order valence-electron chi connectivity index (χ2n) is 6.16. The Morgan fingerprint density at radius 1 is 1.19 bits per heavy atom. The average Bonchev–Trinajstić information content (AvgIpc) is 3.06. The van der Waals surface area contributed by atoms with Crippen molar-refractivity contribution in [3.05, 3.63) is 54.4 Å². The third-order valence-electron chi connectivity index (χ3n) is 3.93. The van der Waals surface area contributed by atoms with E-state index in [-0.39, 0.29) is 5.91 Å². The Balaban J connectivity index is 2.11. The molecule has 134 valence electrons. The number of aromatic nitrogens is 4. The molecule has 26 heavy (non-hydrogen) atoms. The number of carbonyl (C=O) groups excluding carboxylic acids is 1. The van der Waals surface area contributed by atoms with Crippen LogP contribution in [0.1, 0.15) is 31.7 Å². The van der Waals surface area contributed by atoms with Gasteiger partial charge in [0.25, 0.3) is 0 Å². The molecule has 0 fully saturated rings. The minimum absolute atomic E-state index is 0.297. The van der Waals surface area contributed by atoms with Crippen molar-refractivity contribution in [2.24, 2.45) is 5.73 Å². The van der Waals surface area contributed by atoms with Crippen LogP contribution in [0, 0.1) is 0 Å². The Hall–Kier alpha value is -2.67. The molecule has 3 aromatic rings. The van der Waals surface area contributed by atoms with Gasteiger partial charge >= 0.3 is 0 Å². The molecule has 3 rings (SSSR count). The summed E-state index contributed by atoms with van der Waals surface area (Å²) in [5, 5.41) is 9.49.